The number of benzene rings is 1. The first kappa shape index (κ1) is 13.5. The van der Waals surface area contributed by atoms with Crippen molar-refractivity contribution < 1.29 is 14.3 Å². The number of para-hydroxylation sites is 1. The third-order valence-electron chi connectivity index (χ3n) is 2.47. The number of amides is 1. The van der Waals surface area contributed by atoms with E-state index in [9.17, 15) is 4.79 Å². The lowest BCUT2D eigenvalue weighted by molar-refractivity contribution is 0.0996. The quantitative estimate of drug-likeness (QED) is 0.737. The van der Waals surface area contributed by atoms with E-state index in [0.717, 1.165) is 25.0 Å². The highest BCUT2D eigenvalue weighted by molar-refractivity contribution is 5.96. The van der Waals surface area contributed by atoms with Gasteiger partial charge in [0.2, 0.25) is 0 Å². The van der Waals surface area contributed by atoms with Crippen LogP contribution >= 0.6 is 0 Å². The van der Waals surface area contributed by atoms with E-state index >= 15 is 0 Å². The van der Waals surface area contributed by atoms with Crippen molar-refractivity contribution in [3.05, 3.63) is 29.3 Å². The van der Waals surface area contributed by atoms with Crippen molar-refractivity contribution in [3.8, 4) is 5.75 Å². The van der Waals surface area contributed by atoms with Crippen LogP contribution in [0.15, 0.2) is 18.2 Å². The summed E-state index contributed by atoms with van der Waals surface area (Å²) in [6, 6.07) is 5.38. The zero-order valence-corrected chi connectivity index (χ0v) is 10.4. The fraction of sp³-hybridized carbons (Fsp3) is 0.462. The number of methoxy groups -OCH3 is 1. The lowest BCUT2D eigenvalue weighted by Crippen LogP contribution is -2.14. The number of ether oxygens (including phenoxy) is 2. The van der Waals surface area contributed by atoms with Gasteiger partial charge in [0.1, 0.15) is 5.75 Å². The highest BCUT2D eigenvalue weighted by Crippen LogP contribution is 2.23. The van der Waals surface area contributed by atoms with Gasteiger partial charge in [0.25, 0.3) is 5.91 Å². The summed E-state index contributed by atoms with van der Waals surface area (Å²) in [5.41, 5.74) is 6.66. The standard InChI is InChI=1S/C13H19NO3/c1-10-6-5-7-11(13(14)15)12(10)17-9-4-3-8-16-2/h5-7H,3-4,8-9H2,1-2H3,(H2,14,15). The Hall–Kier alpha value is -1.55. The van der Waals surface area contributed by atoms with Crippen LogP contribution in [0.4, 0.5) is 0 Å². The van der Waals surface area contributed by atoms with Crippen molar-refractivity contribution in [3.63, 3.8) is 0 Å². The van der Waals surface area contributed by atoms with Gasteiger partial charge in [-0.05, 0) is 31.4 Å². The van der Waals surface area contributed by atoms with E-state index in [2.05, 4.69) is 0 Å². The summed E-state index contributed by atoms with van der Waals surface area (Å²) in [6.07, 6.45) is 1.83. The number of hydrogen-bond donors (Lipinski definition) is 1. The Balaban J connectivity index is 2.60. The van der Waals surface area contributed by atoms with Gasteiger partial charge in [0.05, 0.1) is 12.2 Å². The van der Waals surface area contributed by atoms with Crippen molar-refractivity contribution in [2.45, 2.75) is 19.8 Å². The molecule has 0 aliphatic rings. The number of rotatable bonds is 7. The Morgan fingerprint density at radius 2 is 2.00 bits per heavy atom. The van der Waals surface area contributed by atoms with Crippen LogP contribution in [0, 0.1) is 6.92 Å². The molecule has 0 aromatic heterocycles. The average molecular weight is 237 g/mol. The summed E-state index contributed by atoms with van der Waals surface area (Å²) in [4.78, 5) is 11.2. The number of hydrogen-bond acceptors (Lipinski definition) is 3. The predicted molar refractivity (Wildman–Crippen MR) is 66.3 cm³/mol. The molecule has 0 spiro atoms. The molecular weight excluding hydrogens is 218 g/mol. The molecule has 1 aromatic carbocycles. The van der Waals surface area contributed by atoms with Crippen LogP contribution in [0.25, 0.3) is 0 Å². The molecule has 2 N–H and O–H groups in total. The van der Waals surface area contributed by atoms with E-state index in [0.29, 0.717) is 17.9 Å². The van der Waals surface area contributed by atoms with Crippen LogP contribution in [0.5, 0.6) is 5.75 Å². The molecule has 1 amide bonds. The minimum absolute atomic E-state index is 0.441. The number of carbonyl (C=O) groups is 1. The fourth-order valence-corrected chi connectivity index (χ4v) is 1.56. The van der Waals surface area contributed by atoms with E-state index in [4.69, 9.17) is 15.2 Å². The normalized spacial score (nSPS) is 10.2. The van der Waals surface area contributed by atoms with Crippen LogP contribution in [-0.4, -0.2) is 26.2 Å². The van der Waals surface area contributed by atoms with Crippen molar-refractivity contribution in [1.82, 2.24) is 0 Å². The average Bonchev–Trinajstić information content (AvgIpc) is 2.30. The van der Waals surface area contributed by atoms with Gasteiger partial charge in [0.15, 0.2) is 0 Å². The first-order valence-electron chi connectivity index (χ1n) is 5.68. The summed E-state index contributed by atoms with van der Waals surface area (Å²) in [5.74, 6) is 0.137. The number of nitrogens with two attached hydrogens (primary N) is 1. The van der Waals surface area contributed by atoms with Gasteiger partial charge in [-0.25, -0.2) is 0 Å². The molecule has 17 heavy (non-hydrogen) atoms. The molecule has 1 aromatic rings. The Kier molecular flexibility index (Phi) is 5.49. The zero-order chi connectivity index (χ0) is 12.7. The summed E-state index contributed by atoms with van der Waals surface area (Å²) in [7, 11) is 1.67. The molecule has 0 fully saturated rings. The van der Waals surface area contributed by atoms with Gasteiger partial charge in [-0.3, -0.25) is 4.79 Å². The highest BCUT2D eigenvalue weighted by Gasteiger charge is 2.11. The summed E-state index contributed by atoms with van der Waals surface area (Å²) in [5, 5.41) is 0. The lowest BCUT2D eigenvalue weighted by Gasteiger charge is -2.12. The third kappa shape index (κ3) is 4.07. The second-order valence-corrected chi connectivity index (χ2v) is 3.86. The molecule has 1 rings (SSSR count). The number of primary amides is 1. The number of aryl methyl sites for hydroxylation is 1. The Labute approximate surface area is 102 Å². The molecule has 0 saturated carbocycles. The van der Waals surface area contributed by atoms with Crippen LogP contribution in [0.1, 0.15) is 28.8 Å². The molecular formula is C13H19NO3. The highest BCUT2D eigenvalue weighted by atomic mass is 16.5. The molecule has 0 saturated heterocycles. The maximum Gasteiger partial charge on any atom is 0.252 e. The van der Waals surface area contributed by atoms with Crippen LogP contribution in [0.2, 0.25) is 0 Å². The van der Waals surface area contributed by atoms with E-state index in [1.165, 1.54) is 0 Å². The van der Waals surface area contributed by atoms with Gasteiger partial charge in [-0.2, -0.15) is 0 Å². The molecule has 4 heteroatoms. The van der Waals surface area contributed by atoms with Crippen molar-refractivity contribution in [2.24, 2.45) is 5.73 Å². The molecule has 94 valence electrons. The topological polar surface area (TPSA) is 61.6 Å². The van der Waals surface area contributed by atoms with Gasteiger partial charge in [-0.1, -0.05) is 12.1 Å². The van der Waals surface area contributed by atoms with Gasteiger partial charge in [-0.15, -0.1) is 0 Å². The van der Waals surface area contributed by atoms with E-state index < -0.39 is 5.91 Å². The van der Waals surface area contributed by atoms with Crippen molar-refractivity contribution >= 4 is 5.91 Å². The summed E-state index contributed by atoms with van der Waals surface area (Å²) >= 11 is 0. The molecule has 0 aliphatic heterocycles. The summed E-state index contributed by atoms with van der Waals surface area (Å²) in [6.45, 7) is 3.19. The first-order chi connectivity index (χ1) is 8.16. The smallest absolute Gasteiger partial charge is 0.252 e. The molecule has 4 nitrogen and oxygen atoms in total. The maximum absolute atomic E-state index is 11.2. The van der Waals surface area contributed by atoms with Crippen LogP contribution in [0.3, 0.4) is 0 Å². The van der Waals surface area contributed by atoms with Gasteiger partial charge < -0.3 is 15.2 Å². The molecule has 0 unspecified atom stereocenters. The lowest BCUT2D eigenvalue weighted by atomic mass is 10.1. The molecule has 0 heterocycles. The predicted octanol–water partition coefficient (Wildman–Crippen LogP) is 1.90. The van der Waals surface area contributed by atoms with Crippen LogP contribution in [-0.2, 0) is 4.74 Å². The van der Waals surface area contributed by atoms with Gasteiger partial charge >= 0.3 is 0 Å². The second-order valence-electron chi connectivity index (χ2n) is 3.86. The summed E-state index contributed by atoms with van der Waals surface area (Å²) < 4.78 is 10.6. The van der Waals surface area contributed by atoms with Crippen molar-refractivity contribution in [1.29, 1.82) is 0 Å². The zero-order valence-electron chi connectivity index (χ0n) is 10.4. The second kappa shape index (κ2) is 6.91. The minimum atomic E-state index is -0.458. The molecule has 0 aliphatic carbocycles. The Morgan fingerprint density at radius 3 is 2.65 bits per heavy atom. The maximum atomic E-state index is 11.2. The largest absolute Gasteiger partial charge is 0.492 e. The van der Waals surface area contributed by atoms with Gasteiger partial charge in [0, 0.05) is 13.7 Å². The Bertz CT molecular complexity index is 377. The number of carbonyl (C=O) groups excluding carboxylic acids is 1. The monoisotopic (exact) mass is 237 g/mol. The molecule has 0 bridgehead atoms. The van der Waals surface area contributed by atoms with Crippen LogP contribution < -0.4 is 10.5 Å². The SMILES string of the molecule is COCCCCOc1c(C)cccc1C(N)=O. The molecule has 0 atom stereocenters. The van der Waals surface area contributed by atoms with E-state index in [1.807, 2.05) is 13.0 Å². The number of unbranched alkanes of at least 4 members (excludes halogenated alkanes) is 1. The third-order valence-corrected chi connectivity index (χ3v) is 2.47. The van der Waals surface area contributed by atoms with E-state index in [-0.39, 0.29) is 0 Å². The van der Waals surface area contributed by atoms with Crippen molar-refractivity contribution in [2.75, 3.05) is 20.3 Å². The minimum Gasteiger partial charge on any atom is -0.492 e. The first-order valence-corrected chi connectivity index (χ1v) is 5.68. The Morgan fingerprint density at radius 1 is 1.29 bits per heavy atom. The fourth-order valence-electron chi connectivity index (χ4n) is 1.56. The van der Waals surface area contributed by atoms with E-state index in [1.54, 1.807) is 19.2 Å². The molecule has 0 radical (unpaired) electrons.